The van der Waals surface area contributed by atoms with Crippen LogP contribution < -0.4 is 10.2 Å². The third kappa shape index (κ3) is 4.11. The van der Waals surface area contributed by atoms with Gasteiger partial charge >= 0.3 is 0 Å². The molecule has 0 saturated heterocycles. The number of nitrogens with one attached hydrogen (secondary N) is 1. The molecule has 1 fully saturated rings. The van der Waals surface area contributed by atoms with Crippen molar-refractivity contribution in [2.24, 2.45) is 11.0 Å². The first-order valence-corrected chi connectivity index (χ1v) is 9.32. The number of nitrogens with zero attached hydrogens (tertiary/aromatic N) is 3. The van der Waals surface area contributed by atoms with Crippen LogP contribution in [-0.2, 0) is 11.3 Å². The van der Waals surface area contributed by atoms with Crippen molar-refractivity contribution < 1.29 is 9.53 Å². The molecule has 0 radical (unpaired) electrons. The minimum Gasteiger partial charge on any atom is -0.496 e. The van der Waals surface area contributed by atoms with E-state index in [9.17, 15) is 4.79 Å². The van der Waals surface area contributed by atoms with Crippen molar-refractivity contribution in [1.29, 1.82) is 0 Å². The number of methoxy groups -OCH3 is 1. The number of hydrogen-bond acceptors (Lipinski definition) is 4. The highest BCUT2D eigenvalue weighted by molar-refractivity contribution is 5.91. The molecule has 1 aliphatic rings. The number of benzene rings is 2. The maximum atomic E-state index is 11.8. The number of carbonyl (C=O) groups is 1. The number of rotatable bonds is 7. The molecular weight excluding hydrogens is 352 g/mol. The fourth-order valence-corrected chi connectivity index (χ4v) is 3.03. The molecule has 0 atom stereocenters. The van der Waals surface area contributed by atoms with Crippen LogP contribution in [0.3, 0.4) is 0 Å². The summed E-state index contributed by atoms with van der Waals surface area (Å²) in [5, 5.41) is 8.91. The monoisotopic (exact) mass is 374 g/mol. The van der Waals surface area contributed by atoms with Gasteiger partial charge in [0.15, 0.2) is 0 Å². The quantitative estimate of drug-likeness (QED) is 0.509. The number of amides is 1. The largest absolute Gasteiger partial charge is 0.496 e. The molecule has 0 aliphatic heterocycles. The van der Waals surface area contributed by atoms with Gasteiger partial charge in [0.05, 0.1) is 19.9 Å². The van der Waals surface area contributed by atoms with Gasteiger partial charge in [0.25, 0.3) is 0 Å². The lowest BCUT2D eigenvalue weighted by Gasteiger charge is -2.06. The molecule has 0 bridgehead atoms. The van der Waals surface area contributed by atoms with Crippen molar-refractivity contribution in [1.82, 2.24) is 15.2 Å². The molecule has 1 N–H and O–H groups in total. The number of carbonyl (C=O) groups excluding carboxylic acids is 1. The number of aromatic nitrogens is 2. The van der Waals surface area contributed by atoms with Gasteiger partial charge in [0.1, 0.15) is 11.4 Å². The van der Waals surface area contributed by atoms with E-state index in [4.69, 9.17) is 9.84 Å². The Morgan fingerprint density at radius 3 is 2.71 bits per heavy atom. The summed E-state index contributed by atoms with van der Waals surface area (Å²) in [5.74, 6) is 0.836. The Hall–Kier alpha value is -3.41. The SMILES string of the molecule is COc1ccccc1-c1nn(Cc2ccccc2)cc1/C=N\NC(=O)C1CC1. The van der Waals surface area contributed by atoms with Crippen LogP contribution in [0.25, 0.3) is 11.3 Å². The van der Waals surface area contributed by atoms with Gasteiger partial charge in [-0.1, -0.05) is 42.5 Å². The lowest BCUT2D eigenvalue weighted by atomic mass is 10.1. The Morgan fingerprint density at radius 2 is 1.96 bits per heavy atom. The predicted octanol–water partition coefficient (Wildman–Crippen LogP) is 3.47. The molecule has 1 heterocycles. The van der Waals surface area contributed by atoms with Crippen molar-refractivity contribution in [2.45, 2.75) is 19.4 Å². The summed E-state index contributed by atoms with van der Waals surface area (Å²) >= 11 is 0. The Labute approximate surface area is 163 Å². The van der Waals surface area contributed by atoms with E-state index < -0.39 is 0 Å². The zero-order valence-corrected chi connectivity index (χ0v) is 15.7. The fraction of sp³-hybridized carbons (Fsp3) is 0.227. The van der Waals surface area contributed by atoms with Crippen LogP contribution in [0.15, 0.2) is 65.9 Å². The summed E-state index contributed by atoms with van der Waals surface area (Å²) < 4.78 is 7.38. The highest BCUT2D eigenvalue weighted by atomic mass is 16.5. The molecule has 1 saturated carbocycles. The minimum absolute atomic E-state index is 0.0215. The van der Waals surface area contributed by atoms with E-state index in [-0.39, 0.29) is 11.8 Å². The van der Waals surface area contributed by atoms with Crippen molar-refractivity contribution in [3.05, 3.63) is 71.9 Å². The molecule has 28 heavy (non-hydrogen) atoms. The lowest BCUT2D eigenvalue weighted by molar-refractivity contribution is -0.122. The van der Waals surface area contributed by atoms with Crippen LogP contribution in [-0.4, -0.2) is 29.0 Å². The zero-order valence-electron chi connectivity index (χ0n) is 15.7. The first-order valence-electron chi connectivity index (χ1n) is 9.32. The Kier molecular flexibility index (Phi) is 5.19. The second-order valence-electron chi connectivity index (χ2n) is 6.83. The van der Waals surface area contributed by atoms with E-state index in [1.54, 1.807) is 13.3 Å². The van der Waals surface area contributed by atoms with E-state index in [1.807, 2.05) is 53.3 Å². The van der Waals surface area contributed by atoms with Crippen LogP contribution in [0, 0.1) is 5.92 Å². The normalized spacial score (nSPS) is 13.6. The number of hydrazone groups is 1. The van der Waals surface area contributed by atoms with Gasteiger partial charge in [-0.3, -0.25) is 9.48 Å². The molecule has 0 unspecified atom stereocenters. The molecule has 1 aliphatic carbocycles. The van der Waals surface area contributed by atoms with Gasteiger partial charge < -0.3 is 4.74 Å². The van der Waals surface area contributed by atoms with Crippen molar-refractivity contribution in [3.8, 4) is 17.0 Å². The predicted molar refractivity (Wildman–Crippen MR) is 108 cm³/mol. The molecule has 6 nitrogen and oxygen atoms in total. The van der Waals surface area contributed by atoms with Crippen LogP contribution in [0.4, 0.5) is 0 Å². The van der Waals surface area contributed by atoms with Gasteiger partial charge in [-0.25, -0.2) is 5.43 Å². The standard InChI is InChI=1S/C22H22N4O2/c1-28-20-10-6-5-9-19(20)21-18(13-23-24-22(27)17-11-12-17)15-26(25-21)14-16-7-3-2-4-8-16/h2-10,13,15,17H,11-12,14H2,1H3,(H,24,27)/b23-13-. The van der Waals surface area contributed by atoms with Gasteiger partial charge in [0, 0.05) is 23.2 Å². The summed E-state index contributed by atoms with van der Waals surface area (Å²) in [7, 11) is 1.64. The van der Waals surface area contributed by atoms with Gasteiger partial charge in [-0.2, -0.15) is 10.2 Å². The van der Waals surface area contributed by atoms with Gasteiger partial charge in [-0.15, -0.1) is 0 Å². The molecule has 1 aromatic heterocycles. The van der Waals surface area contributed by atoms with E-state index in [0.717, 1.165) is 41.0 Å². The number of ether oxygens (including phenoxy) is 1. The fourth-order valence-electron chi connectivity index (χ4n) is 3.03. The van der Waals surface area contributed by atoms with Crippen molar-refractivity contribution in [2.75, 3.05) is 7.11 Å². The Morgan fingerprint density at radius 1 is 1.21 bits per heavy atom. The maximum absolute atomic E-state index is 11.8. The molecule has 3 aromatic rings. The Balaban J connectivity index is 1.65. The smallest absolute Gasteiger partial charge is 0.243 e. The minimum atomic E-state index is -0.0215. The zero-order chi connectivity index (χ0) is 19.3. The van der Waals surface area contributed by atoms with Gasteiger partial charge in [0.2, 0.25) is 5.91 Å². The summed E-state index contributed by atoms with van der Waals surface area (Å²) in [5.41, 5.74) is 6.24. The molecule has 2 aromatic carbocycles. The number of hydrogen-bond donors (Lipinski definition) is 1. The average molecular weight is 374 g/mol. The van der Waals surface area contributed by atoms with Crippen LogP contribution in [0.1, 0.15) is 24.0 Å². The van der Waals surface area contributed by atoms with E-state index >= 15 is 0 Å². The van der Waals surface area contributed by atoms with Crippen LogP contribution >= 0.6 is 0 Å². The van der Waals surface area contributed by atoms with Gasteiger partial charge in [-0.05, 0) is 30.5 Å². The first-order chi connectivity index (χ1) is 13.7. The van der Waals surface area contributed by atoms with Crippen LogP contribution in [0.2, 0.25) is 0 Å². The average Bonchev–Trinajstić information content (AvgIpc) is 3.51. The van der Waals surface area contributed by atoms with E-state index in [0.29, 0.717) is 6.54 Å². The van der Waals surface area contributed by atoms with E-state index in [1.165, 1.54) is 0 Å². The molecular formula is C22H22N4O2. The summed E-state index contributed by atoms with van der Waals surface area (Å²) in [6.45, 7) is 0.644. The first kappa shape index (κ1) is 18.0. The molecule has 1 amide bonds. The van der Waals surface area contributed by atoms with E-state index in [2.05, 4.69) is 22.7 Å². The molecule has 4 rings (SSSR count). The number of para-hydroxylation sites is 1. The summed E-state index contributed by atoms with van der Waals surface area (Å²) in [6, 6.07) is 17.9. The third-order valence-electron chi connectivity index (χ3n) is 4.67. The summed E-state index contributed by atoms with van der Waals surface area (Å²) in [4.78, 5) is 11.8. The topological polar surface area (TPSA) is 68.5 Å². The molecule has 142 valence electrons. The van der Waals surface area contributed by atoms with Crippen LogP contribution in [0.5, 0.6) is 5.75 Å². The second kappa shape index (κ2) is 8.08. The molecule has 6 heteroatoms. The van der Waals surface area contributed by atoms with Crippen molar-refractivity contribution in [3.63, 3.8) is 0 Å². The van der Waals surface area contributed by atoms with Crippen molar-refractivity contribution >= 4 is 12.1 Å². The Bertz CT molecular complexity index is 991. The maximum Gasteiger partial charge on any atom is 0.243 e. The third-order valence-corrected chi connectivity index (χ3v) is 4.67. The summed E-state index contributed by atoms with van der Waals surface area (Å²) in [6.07, 6.45) is 5.48. The second-order valence-corrected chi connectivity index (χ2v) is 6.83. The lowest BCUT2D eigenvalue weighted by Crippen LogP contribution is -2.18. The highest BCUT2D eigenvalue weighted by Gasteiger charge is 2.29. The molecule has 0 spiro atoms. The highest BCUT2D eigenvalue weighted by Crippen LogP contribution is 2.31.